The Morgan fingerprint density at radius 1 is 1.44 bits per heavy atom. The number of nitrogens with two attached hydrogens (primary N) is 1. The van der Waals surface area contributed by atoms with Crippen molar-refractivity contribution in [2.24, 2.45) is 5.73 Å². The maximum atomic E-state index is 6.11. The quantitative estimate of drug-likeness (QED) is 0.884. The summed E-state index contributed by atoms with van der Waals surface area (Å²) in [6.45, 7) is 3.20. The molecule has 1 aliphatic heterocycles. The van der Waals surface area contributed by atoms with E-state index in [4.69, 9.17) is 26.8 Å². The maximum Gasteiger partial charge on any atom is 0.167 e. The molecular formula is C12H16ClNO2. The lowest BCUT2D eigenvalue weighted by Crippen LogP contribution is -2.31. The van der Waals surface area contributed by atoms with E-state index in [1.165, 1.54) is 0 Å². The Morgan fingerprint density at radius 2 is 2.12 bits per heavy atom. The summed E-state index contributed by atoms with van der Waals surface area (Å²) >= 11 is 5.92. The van der Waals surface area contributed by atoms with Gasteiger partial charge in [0.1, 0.15) is 0 Å². The van der Waals surface area contributed by atoms with Crippen LogP contribution in [-0.4, -0.2) is 19.0 Å². The number of halogens is 1. The molecule has 2 rings (SSSR count). The van der Waals surface area contributed by atoms with E-state index in [0.29, 0.717) is 24.7 Å². The van der Waals surface area contributed by atoms with Crippen molar-refractivity contribution in [3.8, 4) is 0 Å². The Morgan fingerprint density at radius 3 is 2.75 bits per heavy atom. The highest BCUT2D eigenvalue weighted by atomic mass is 35.5. The zero-order valence-corrected chi connectivity index (χ0v) is 10.0. The summed E-state index contributed by atoms with van der Waals surface area (Å²) in [6.07, 6.45) is 0.632. The Bertz CT molecular complexity index is 364. The van der Waals surface area contributed by atoms with Gasteiger partial charge in [-0.1, -0.05) is 23.7 Å². The summed E-state index contributed by atoms with van der Waals surface area (Å²) in [6, 6.07) is 7.46. The first kappa shape index (κ1) is 11.9. The van der Waals surface area contributed by atoms with E-state index in [9.17, 15) is 0 Å². The Labute approximate surface area is 100 Å². The monoisotopic (exact) mass is 241 g/mol. The van der Waals surface area contributed by atoms with Crippen LogP contribution in [0, 0.1) is 0 Å². The highest BCUT2D eigenvalue weighted by Gasteiger charge is 2.33. The molecule has 3 nitrogen and oxygen atoms in total. The van der Waals surface area contributed by atoms with Crippen LogP contribution in [0.15, 0.2) is 24.3 Å². The Balaban J connectivity index is 2.05. The molecule has 0 bridgehead atoms. The zero-order chi connectivity index (χ0) is 11.6. The predicted molar refractivity (Wildman–Crippen MR) is 63.3 cm³/mol. The van der Waals surface area contributed by atoms with E-state index in [1.807, 2.05) is 31.2 Å². The molecule has 0 spiro atoms. The first-order valence-corrected chi connectivity index (χ1v) is 5.76. The average molecular weight is 242 g/mol. The van der Waals surface area contributed by atoms with E-state index >= 15 is 0 Å². The number of benzene rings is 1. The first-order valence-electron chi connectivity index (χ1n) is 5.38. The lowest BCUT2D eigenvalue weighted by molar-refractivity contribution is -0.150. The van der Waals surface area contributed by atoms with Crippen LogP contribution in [0.25, 0.3) is 0 Å². The summed E-state index contributed by atoms with van der Waals surface area (Å²) in [5.74, 6) is -0.554. The molecule has 0 radical (unpaired) electrons. The molecule has 2 N–H and O–H groups in total. The van der Waals surface area contributed by atoms with Crippen LogP contribution < -0.4 is 5.73 Å². The molecule has 1 heterocycles. The van der Waals surface area contributed by atoms with Crippen molar-refractivity contribution in [3.05, 3.63) is 34.9 Å². The standard InChI is InChI=1S/C12H16ClNO2/c1-12(15-5-6-16-12)8-11(14)9-3-2-4-10(13)7-9/h2-4,7,11H,5-6,8,14H2,1H3. The Hall–Kier alpha value is -0.610. The molecule has 1 unspecified atom stereocenters. The van der Waals surface area contributed by atoms with Gasteiger partial charge >= 0.3 is 0 Å². The second kappa shape index (κ2) is 4.72. The maximum absolute atomic E-state index is 6.11. The summed E-state index contributed by atoms with van der Waals surface area (Å²) < 4.78 is 11.1. The first-order chi connectivity index (χ1) is 7.59. The summed E-state index contributed by atoms with van der Waals surface area (Å²) in [5.41, 5.74) is 7.12. The van der Waals surface area contributed by atoms with Gasteiger partial charge in [-0.2, -0.15) is 0 Å². The second-order valence-electron chi connectivity index (χ2n) is 4.20. The molecule has 1 atom stereocenters. The van der Waals surface area contributed by atoms with Crippen molar-refractivity contribution in [1.82, 2.24) is 0 Å². The minimum atomic E-state index is -0.554. The van der Waals surface area contributed by atoms with Crippen LogP contribution >= 0.6 is 11.6 Å². The molecular weight excluding hydrogens is 226 g/mol. The van der Waals surface area contributed by atoms with E-state index < -0.39 is 5.79 Å². The fourth-order valence-electron chi connectivity index (χ4n) is 1.93. The van der Waals surface area contributed by atoms with Crippen molar-refractivity contribution in [3.63, 3.8) is 0 Å². The molecule has 0 aliphatic carbocycles. The van der Waals surface area contributed by atoms with Gasteiger partial charge in [0.2, 0.25) is 0 Å². The number of hydrogen-bond acceptors (Lipinski definition) is 3. The van der Waals surface area contributed by atoms with E-state index in [1.54, 1.807) is 0 Å². The third-order valence-corrected chi connectivity index (χ3v) is 3.00. The van der Waals surface area contributed by atoms with Crippen LogP contribution in [0.2, 0.25) is 5.02 Å². The zero-order valence-electron chi connectivity index (χ0n) is 9.28. The molecule has 4 heteroatoms. The van der Waals surface area contributed by atoms with Gasteiger partial charge in [0, 0.05) is 17.5 Å². The van der Waals surface area contributed by atoms with Gasteiger partial charge in [-0.25, -0.2) is 0 Å². The van der Waals surface area contributed by atoms with Gasteiger partial charge < -0.3 is 15.2 Å². The second-order valence-corrected chi connectivity index (χ2v) is 4.63. The number of rotatable bonds is 3. The molecule has 1 aliphatic rings. The van der Waals surface area contributed by atoms with Gasteiger partial charge in [-0.15, -0.1) is 0 Å². The molecule has 0 aromatic heterocycles. The minimum absolute atomic E-state index is 0.123. The molecule has 16 heavy (non-hydrogen) atoms. The van der Waals surface area contributed by atoms with E-state index in [-0.39, 0.29) is 6.04 Å². The molecule has 0 saturated carbocycles. The van der Waals surface area contributed by atoms with Crippen LogP contribution in [-0.2, 0) is 9.47 Å². The van der Waals surface area contributed by atoms with Crippen LogP contribution in [0.3, 0.4) is 0 Å². The molecule has 1 aromatic rings. The van der Waals surface area contributed by atoms with Crippen molar-refractivity contribution in [1.29, 1.82) is 0 Å². The topological polar surface area (TPSA) is 44.5 Å². The van der Waals surface area contributed by atoms with Gasteiger partial charge in [0.15, 0.2) is 5.79 Å². The molecule has 1 saturated heterocycles. The van der Waals surface area contributed by atoms with Gasteiger partial charge in [0.05, 0.1) is 13.2 Å². The Kier molecular flexibility index (Phi) is 3.50. The summed E-state index contributed by atoms with van der Waals surface area (Å²) in [7, 11) is 0. The van der Waals surface area contributed by atoms with Gasteiger partial charge in [-0.3, -0.25) is 0 Å². The number of ether oxygens (including phenoxy) is 2. The molecule has 88 valence electrons. The van der Waals surface area contributed by atoms with Crippen molar-refractivity contribution < 1.29 is 9.47 Å². The lowest BCUT2D eigenvalue weighted by atomic mass is 10.0. The van der Waals surface area contributed by atoms with Crippen LogP contribution in [0.4, 0.5) is 0 Å². The largest absolute Gasteiger partial charge is 0.348 e. The lowest BCUT2D eigenvalue weighted by Gasteiger charge is -2.26. The van der Waals surface area contributed by atoms with Gasteiger partial charge in [-0.05, 0) is 24.6 Å². The van der Waals surface area contributed by atoms with Crippen molar-refractivity contribution in [2.75, 3.05) is 13.2 Å². The van der Waals surface area contributed by atoms with E-state index in [2.05, 4.69) is 0 Å². The predicted octanol–water partition coefficient (Wildman–Crippen LogP) is 2.49. The van der Waals surface area contributed by atoms with Gasteiger partial charge in [0.25, 0.3) is 0 Å². The highest BCUT2D eigenvalue weighted by molar-refractivity contribution is 6.30. The normalized spacial score (nSPS) is 20.9. The molecule has 1 fully saturated rings. The van der Waals surface area contributed by atoms with Crippen molar-refractivity contribution in [2.45, 2.75) is 25.2 Å². The smallest absolute Gasteiger partial charge is 0.167 e. The third kappa shape index (κ3) is 2.74. The fourth-order valence-corrected chi connectivity index (χ4v) is 2.13. The van der Waals surface area contributed by atoms with E-state index in [0.717, 1.165) is 5.56 Å². The summed E-state index contributed by atoms with van der Waals surface area (Å²) in [5, 5.41) is 0.700. The summed E-state index contributed by atoms with van der Waals surface area (Å²) in [4.78, 5) is 0. The van der Waals surface area contributed by atoms with Crippen LogP contribution in [0.5, 0.6) is 0 Å². The minimum Gasteiger partial charge on any atom is -0.348 e. The highest BCUT2D eigenvalue weighted by Crippen LogP contribution is 2.29. The van der Waals surface area contributed by atoms with Crippen LogP contribution in [0.1, 0.15) is 24.9 Å². The fraction of sp³-hybridized carbons (Fsp3) is 0.500. The SMILES string of the molecule is CC1(CC(N)c2cccc(Cl)c2)OCCO1. The molecule has 1 aromatic carbocycles. The third-order valence-electron chi connectivity index (χ3n) is 2.77. The molecule has 0 amide bonds. The number of hydrogen-bond donors (Lipinski definition) is 1. The van der Waals surface area contributed by atoms with Crippen molar-refractivity contribution >= 4 is 11.6 Å². The average Bonchev–Trinajstić information content (AvgIpc) is 2.65.